The van der Waals surface area contributed by atoms with E-state index >= 15 is 0 Å². The Kier molecular flexibility index (Phi) is 8.16. The second-order valence-corrected chi connectivity index (χ2v) is 8.87. The summed E-state index contributed by atoms with van der Waals surface area (Å²) < 4.78 is 26.8. The summed E-state index contributed by atoms with van der Waals surface area (Å²) in [7, 11) is 0. The lowest BCUT2D eigenvalue weighted by atomic mass is 9.79. The van der Waals surface area contributed by atoms with Crippen LogP contribution in [0.1, 0.15) is 51.4 Å². The van der Waals surface area contributed by atoms with Gasteiger partial charge in [0.25, 0.3) is 0 Å². The van der Waals surface area contributed by atoms with E-state index in [1.165, 1.54) is 0 Å². The lowest BCUT2D eigenvalue weighted by molar-refractivity contribution is -0.160. The molecule has 0 spiro atoms. The van der Waals surface area contributed by atoms with Gasteiger partial charge in [0.15, 0.2) is 0 Å². The Labute approximate surface area is 184 Å². The van der Waals surface area contributed by atoms with Crippen LogP contribution in [0.5, 0.6) is 0 Å². The normalized spacial score (nSPS) is 33.3. The van der Waals surface area contributed by atoms with Crippen molar-refractivity contribution >= 4 is 11.9 Å². The Morgan fingerprint density at radius 3 is 1.61 bits per heavy atom. The predicted octanol–water partition coefficient (Wildman–Crippen LogP) is 3.12. The van der Waals surface area contributed by atoms with Gasteiger partial charge in [-0.1, -0.05) is 24.3 Å². The van der Waals surface area contributed by atoms with Crippen LogP contribution in [0.25, 0.3) is 0 Å². The summed E-state index contributed by atoms with van der Waals surface area (Å²) in [6, 6.07) is 0. The summed E-state index contributed by atoms with van der Waals surface area (Å²) in [5.74, 6) is -1.63. The highest BCUT2D eigenvalue weighted by atomic mass is 16.6. The molecule has 6 atom stereocenters. The number of esters is 2. The fourth-order valence-electron chi connectivity index (χ4n) is 4.19. The van der Waals surface area contributed by atoms with Crippen molar-refractivity contribution in [1.29, 1.82) is 0 Å². The third kappa shape index (κ3) is 7.74. The van der Waals surface area contributed by atoms with Crippen molar-refractivity contribution in [2.75, 3.05) is 26.4 Å². The van der Waals surface area contributed by atoms with Crippen LogP contribution in [0.4, 0.5) is 0 Å². The van der Waals surface area contributed by atoms with Gasteiger partial charge >= 0.3 is 11.9 Å². The van der Waals surface area contributed by atoms with Gasteiger partial charge in [-0.05, 0) is 51.4 Å². The molecular formula is C24H34O7. The molecular weight excluding hydrogens is 400 g/mol. The number of hydrogen-bond donors (Lipinski definition) is 0. The maximum Gasteiger partial charge on any atom is 0.310 e. The molecule has 4 aliphatic rings. The zero-order chi connectivity index (χ0) is 21.5. The summed E-state index contributed by atoms with van der Waals surface area (Å²) in [5.41, 5.74) is 0. The first kappa shape index (κ1) is 22.5. The van der Waals surface area contributed by atoms with E-state index in [9.17, 15) is 9.59 Å². The Hall–Kier alpha value is -1.70. The molecule has 0 aromatic heterocycles. The molecule has 1 saturated carbocycles. The van der Waals surface area contributed by atoms with Crippen LogP contribution in [-0.2, 0) is 33.3 Å². The molecule has 7 heteroatoms. The number of rotatable bonds is 14. The van der Waals surface area contributed by atoms with Gasteiger partial charge in [0.05, 0.1) is 49.5 Å². The number of carbonyl (C=O) groups excluding carboxylic acids is 2. The molecule has 0 bridgehead atoms. The first-order chi connectivity index (χ1) is 15.2. The molecule has 4 fully saturated rings. The van der Waals surface area contributed by atoms with Crippen LogP contribution in [0.15, 0.2) is 24.3 Å². The van der Waals surface area contributed by atoms with Crippen LogP contribution in [0.3, 0.4) is 0 Å². The van der Waals surface area contributed by atoms with Crippen molar-refractivity contribution in [3.05, 3.63) is 24.3 Å². The molecule has 3 saturated heterocycles. The quantitative estimate of drug-likeness (QED) is 0.180. The van der Waals surface area contributed by atoms with Gasteiger partial charge < -0.3 is 23.7 Å². The molecule has 7 nitrogen and oxygen atoms in total. The minimum Gasteiger partial charge on any atom is -0.461 e. The highest BCUT2D eigenvalue weighted by Gasteiger charge is 2.53. The van der Waals surface area contributed by atoms with Crippen molar-refractivity contribution < 1.29 is 33.3 Å². The van der Waals surface area contributed by atoms with Crippen LogP contribution in [0, 0.1) is 11.8 Å². The smallest absolute Gasteiger partial charge is 0.310 e. The molecule has 0 N–H and O–H groups in total. The van der Waals surface area contributed by atoms with Crippen LogP contribution in [0.2, 0.25) is 0 Å². The van der Waals surface area contributed by atoms with Gasteiger partial charge in [-0.2, -0.15) is 0 Å². The minimum atomic E-state index is -0.487. The Morgan fingerprint density at radius 2 is 1.19 bits per heavy atom. The van der Waals surface area contributed by atoms with Gasteiger partial charge in [-0.15, -0.1) is 0 Å². The topological polar surface area (TPSA) is 90.2 Å². The molecule has 0 aromatic carbocycles. The van der Waals surface area contributed by atoms with E-state index in [4.69, 9.17) is 23.7 Å². The molecule has 4 rings (SSSR count). The van der Waals surface area contributed by atoms with Crippen molar-refractivity contribution in [3.8, 4) is 0 Å². The van der Waals surface area contributed by atoms with E-state index in [0.29, 0.717) is 25.0 Å². The first-order valence-electron chi connectivity index (χ1n) is 11.7. The van der Waals surface area contributed by atoms with Crippen molar-refractivity contribution in [2.24, 2.45) is 11.8 Å². The fraction of sp³-hybridized carbons (Fsp3) is 0.750. The molecule has 3 aliphatic heterocycles. The zero-order valence-electron chi connectivity index (χ0n) is 18.1. The SMILES string of the molecule is O=C(OC/C=C/CCCC1CO1)C1CC2OC2CC1C(=O)OC/C=C/CCCC1CO1. The molecule has 0 amide bonds. The van der Waals surface area contributed by atoms with Crippen molar-refractivity contribution in [1.82, 2.24) is 0 Å². The Bertz CT molecular complexity index is 609. The second-order valence-electron chi connectivity index (χ2n) is 8.87. The standard InChI is InChI=1S/C24H34O7/c25-23(27-11-7-3-1-5-9-17-15-29-17)19-13-21-22(31-21)14-20(19)24(26)28-12-8-4-2-6-10-18-16-30-18/h3-4,7-8,17-22H,1-2,5-6,9-16H2/b7-3+,8-4+. The second kappa shape index (κ2) is 11.2. The Morgan fingerprint density at radius 1 is 0.742 bits per heavy atom. The van der Waals surface area contributed by atoms with Gasteiger partial charge in [0, 0.05) is 0 Å². The zero-order valence-corrected chi connectivity index (χ0v) is 18.1. The molecule has 31 heavy (non-hydrogen) atoms. The third-order valence-electron chi connectivity index (χ3n) is 6.33. The lowest BCUT2D eigenvalue weighted by Gasteiger charge is -2.25. The largest absolute Gasteiger partial charge is 0.461 e. The van der Waals surface area contributed by atoms with Crippen LogP contribution in [-0.4, -0.2) is 62.8 Å². The van der Waals surface area contributed by atoms with E-state index in [0.717, 1.165) is 51.7 Å². The van der Waals surface area contributed by atoms with E-state index < -0.39 is 11.8 Å². The van der Waals surface area contributed by atoms with E-state index in [1.54, 1.807) is 0 Å². The average Bonchev–Trinajstić information content (AvgIpc) is 3.60. The number of allylic oxidation sites excluding steroid dienone is 2. The number of fused-ring (bicyclic) bond motifs is 1. The average molecular weight is 435 g/mol. The van der Waals surface area contributed by atoms with Crippen molar-refractivity contribution in [3.63, 3.8) is 0 Å². The summed E-state index contributed by atoms with van der Waals surface area (Å²) in [5, 5.41) is 0. The maximum absolute atomic E-state index is 12.6. The molecule has 0 radical (unpaired) electrons. The maximum atomic E-state index is 12.6. The molecule has 1 aliphatic carbocycles. The molecule has 3 heterocycles. The molecule has 172 valence electrons. The third-order valence-corrected chi connectivity index (χ3v) is 6.33. The predicted molar refractivity (Wildman–Crippen MR) is 112 cm³/mol. The number of hydrogen-bond acceptors (Lipinski definition) is 7. The van der Waals surface area contributed by atoms with Crippen molar-refractivity contribution in [2.45, 2.75) is 75.8 Å². The van der Waals surface area contributed by atoms with Gasteiger partial charge in [0.2, 0.25) is 0 Å². The van der Waals surface area contributed by atoms with E-state index in [2.05, 4.69) is 0 Å². The lowest BCUT2D eigenvalue weighted by Crippen LogP contribution is -2.37. The number of unbranched alkanes of at least 4 members (excludes halogenated alkanes) is 2. The molecule has 6 unspecified atom stereocenters. The van der Waals surface area contributed by atoms with Crippen LogP contribution < -0.4 is 0 Å². The fourth-order valence-corrected chi connectivity index (χ4v) is 4.19. The summed E-state index contributed by atoms with van der Waals surface area (Å²) >= 11 is 0. The highest BCUT2D eigenvalue weighted by Crippen LogP contribution is 2.43. The van der Waals surface area contributed by atoms with E-state index in [1.807, 2.05) is 24.3 Å². The number of carbonyl (C=O) groups is 2. The number of ether oxygens (including phenoxy) is 5. The monoisotopic (exact) mass is 434 g/mol. The highest BCUT2D eigenvalue weighted by molar-refractivity contribution is 5.82. The first-order valence-corrected chi connectivity index (χ1v) is 11.7. The number of epoxide rings is 3. The van der Waals surface area contributed by atoms with Crippen LogP contribution >= 0.6 is 0 Å². The molecule has 0 aromatic rings. The van der Waals surface area contributed by atoms with Gasteiger partial charge in [-0.25, -0.2) is 0 Å². The van der Waals surface area contributed by atoms with Gasteiger partial charge in [0.1, 0.15) is 13.2 Å². The van der Waals surface area contributed by atoms with Gasteiger partial charge in [-0.3, -0.25) is 9.59 Å². The summed E-state index contributed by atoms with van der Waals surface area (Å²) in [6.07, 6.45) is 16.2. The minimum absolute atomic E-state index is 0.0807. The summed E-state index contributed by atoms with van der Waals surface area (Å²) in [6.45, 7) is 2.26. The van der Waals surface area contributed by atoms with E-state index in [-0.39, 0.29) is 37.4 Å². The summed E-state index contributed by atoms with van der Waals surface area (Å²) in [4.78, 5) is 25.2. The Balaban J connectivity index is 1.13.